The molecule has 146 valence electrons. The molecular weight excluding hydrogens is 375 g/mol. The molecular formula is C19H16F3N3O3. The summed E-state index contributed by atoms with van der Waals surface area (Å²) in [5.41, 5.74) is 0.903. The molecule has 3 rings (SSSR count). The highest BCUT2D eigenvalue weighted by Gasteiger charge is 2.39. The van der Waals surface area contributed by atoms with Gasteiger partial charge in [-0.2, -0.15) is 13.2 Å². The highest BCUT2D eigenvalue weighted by atomic mass is 19.4. The highest BCUT2D eigenvalue weighted by Crippen LogP contribution is 2.27. The van der Waals surface area contributed by atoms with Gasteiger partial charge in [-0.05, 0) is 42.8 Å². The summed E-state index contributed by atoms with van der Waals surface area (Å²) in [5.74, 6) is -2.63. The Bertz CT molecular complexity index is 883. The number of benzene rings is 2. The fourth-order valence-electron chi connectivity index (χ4n) is 2.91. The normalized spacial score (nSPS) is 16.8. The SMILES string of the molecule is O=C(Nc1ccc(NC(=O)C(F)(F)F)cc1)C1CCC(=O)N1c1ccccc1. The Balaban J connectivity index is 1.67. The third-order valence-corrected chi connectivity index (χ3v) is 4.22. The Kier molecular flexibility index (Phi) is 5.34. The van der Waals surface area contributed by atoms with Crippen molar-refractivity contribution in [1.82, 2.24) is 0 Å². The zero-order chi connectivity index (χ0) is 20.3. The van der Waals surface area contributed by atoms with Crippen molar-refractivity contribution in [1.29, 1.82) is 0 Å². The third kappa shape index (κ3) is 4.30. The molecule has 0 bridgehead atoms. The van der Waals surface area contributed by atoms with E-state index in [2.05, 4.69) is 5.32 Å². The number of para-hydroxylation sites is 1. The maximum absolute atomic E-state index is 12.6. The van der Waals surface area contributed by atoms with E-state index >= 15 is 0 Å². The van der Waals surface area contributed by atoms with Gasteiger partial charge in [-0.3, -0.25) is 19.3 Å². The number of halogens is 3. The first kappa shape index (κ1) is 19.4. The summed E-state index contributed by atoms with van der Waals surface area (Å²) in [5, 5.41) is 4.37. The Hall–Kier alpha value is -3.36. The van der Waals surface area contributed by atoms with Gasteiger partial charge in [-0.1, -0.05) is 18.2 Å². The van der Waals surface area contributed by atoms with Crippen LogP contribution in [-0.4, -0.2) is 29.9 Å². The number of nitrogens with one attached hydrogen (secondary N) is 2. The van der Waals surface area contributed by atoms with Gasteiger partial charge in [0.05, 0.1) is 0 Å². The number of nitrogens with zero attached hydrogens (tertiary/aromatic N) is 1. The van der Waals surface area contributed by atoms with E-state index < -0.39 is 24.0 Å². The van der Waals surface area contributed by atoms with E-state index in [1.54, 1.807) is 35.6 Å². The number of hydrogen-bond donors (Lipinski definition) is 2. The maximum Gasteiger partial charge on any atom is 0.471 e. The predicted molar refractivity (Wildman–Crippen MR) is 96.7 cm³/mol. The highest BCUT2D eigenvalue weighted by molar-refractivity contribution is 6.07. The molecule has 1 aliphatic heterocycles. The van der Waals surface area contributed by atoms with Crippen molar-refractivity contribution in [2.75, 3.05) is 15.5 Å². The smallest absolute Gasteiger partial charge is 0.324 e. The topological polar surface area (TPSA) is 78.5 Å². The summed E-state index contributed by atoms with van der Waals surface area (Å²) in [6.07, 6.45) is -4.38. The number of amides is 3. The van der Waals surface area contributed by atoms with Gasteiger partial charge in [0, 0.05) is 23.5 Å². The van der Waals surface area contributed by atoms with E-state index in [4.69, 9.17) is 0 Å². The van der Waals surface area contributed by atoms with Crippen LogP contribution in [0.2, 0.25) is 0 Å². The van der Waals surface area contributed by atoms with Crippen molar-refractivity contribution in [3.05, 3.63) is 54.6 Å². The Morgan fingerprint density at radius 2 is 1.50 bits per heavy atom. The number of carbonyl (C=O) groups excluding carboxylic acids is 3. The molecule has 9 heteroatoms. The molecule has 0 spiro atoms. The minimum absolute atomic E-state index is 0.0534. The van der Waals surface area contributed by atoms with Crippen molar-refractivity contribution in [3.63, 3.8) is 0 Å². The first-order valence-electron chi connectivity index (χ1n) is 8.42. The lowest BCUT2D eigenvalue weighted by molar-refractivity contribution is -0.167. The van der Waals surface area contributed by atoms with Crippen molar-refractivity contribution >= 4 is 34.8 Å². The lowest BCUT2D eigenvalue weighted by atomic mass is 10.2. The fraction of sp³-hybridized carbons (Fsp3) is 0.211. The molecule has 1 unspecified atom stereocenters. The molecule has 1 heterocycles. The first-order valence-corrected chi connectivity index (χ1v) is 8.42. The van der Waals surface area contributed by atoms with Crippen LogP contribution in [0, 0.1) is 0 Å². The predicted octanol–water partition coefficient (Wildman–Crippen LogP) is 3.32. The van der Waals surface area contributed by atoms with Gasteiger partial charge in [-0.25, -0.2) is 0 Å². The fourth-order valence-corrected chi connectivity index (χ4v) is 2.91. The van der Waals surface area contributed by atoms with Gasteiger partial charge >= 0.3 is 12.1 Å². The second-order valence-electron chi connectivity index (χ2n) is 6.17. The first-order chi connectivity index (χ1) is 13.3. The summed E-state index contributed by atoms with van der Waals surface area (Å²) >= 11 is 0. The number of hydrogen-bond acceptors (Lipinski definition) is 3. The number of rotatable bonds is 4. The second-order valence-corrected chi connectivity index (χ2v) is 6.17. The van der Waals surface area contributed by atoms with E-state index in [1.807, 2.05) is 0 Å². The van der Waals surface area contributed by atoms with Crippen LogP contribution in [0.25, 0.3) is 0 Å². The van der Waals surface area contributed by atoms with Gasteiger partial charge < -0.3 is 10.6 Å². The van der Waals surface area contributed by atoms with Crippen LogP contribution in [0.3, 0.4) is 0 Å². The van der Waals surface area contributed by atoms with E-state index in [-0.39, 0.29) is 18.0 Å². The summed E-state index contributed by atoms with van der Waals surface area (Å²) in [6, 6.07) is 13.4. The zero-order valence-electron chi connectivity index (χ0n) is 14.5. The average molecular weight is 391 g/mol. The van der Waals surface area contributed by atoms with E-state index in [9.17, 15) is 27.6 Å². The van der Waals surface area contributed by atoms with Crippen LogP contribution in [0.15, 0.2) is 54.6 Å². The minimum atomic E-state index is -4.98. The molecule has 0 saturated carbocycles. The average Bonchev–Trinajstić information content (AvgIpc) is 3.05. The van der Waals surface area contributed by atoms with Crippen molar-refractivity contribution < 1.29 is 27.6 Å². The van der Waals surface area contributed by atoms with Gasteiger partial charge in [0.15, 0.2) is 0 Å². The number of carbonyl (C=O) groups is 3. The molecule has 28 heavy (non-hydrogen) atoms. The molecule has 0 radical (unpaired) electrons. The van der Waals surface area contributed by atoms with Crippen molar-refractivity contribution in [3.8, 4) is 0 Å². The molecule has 1 atom stereocenters. The molecule has 2 aromatic carbocycles. The van der Waals surface area contributed by atoms with Crippen LogP contribution in [0.4, 0.5) is 30.2 Å². The van der Waals surface area contributed by atoms with Crippen molar-refractivity contribution in [2.24, 2.45) is 0 Å². The summed E-state index contributed by atoms with van der Waals surface area (Å²) in [4.78, 5) is 37.2. The standard InChI is InChI=1S/C19H16F3N3O3/c20-19(21,22)18(28)24-13-8-6-12(7-9-13)23-17(27)15-10-11-16(26)25(15)14-4-2-1-3-5-14/h1-9,15H,10-11H2,(H,23,27)(H,24,28). The largest absolute Gasteiger partial charge is 0.471 e. The second kappa shape index (κ2) is 7.71. The molecule has 0 aromatic heterocycles. The Morgan fingerprint density at radius 3 is 2.07 bits per heavy atom. The molecule has 3 amide bonds. The summed E-state index contributed by atoms with van der Waals surface area (Å²) in [6.45, 7) is 0. The molecule has 1 fully saturated rings. The molecule has 1 aliphatic rings. The van der Waals surface area contributed by atoms with Crippen LogP contribution < -0.4 is 15.5 Å². The molecule has 2 N–H and O–H groups in total. The van der Waals surface area contributed by atoms with Gasteiger partial charge in [-0.15, -0.1) is 0 Å². The van der Waals surface area contributed by atoms with Gasteiger partial charge in [0.2, 0.25) is 11.8 Å². The lowest BCUT2D eigenvalue weighted by Crippen LogP contribution is -2.41. The molecule has 0 aliphatic carbocycles. The summed E-state index contributed by atoms with van der Waals surface area (Å²) < 4.78 is 36.8. The number of alkyl halides is 3. The Morgan fingerprint density at radius 1 is 0.929 bits per heavy atom. The molecule has 1 saturated heterocycles. The van der Waals surface area contributed by atoms with Gasteiger partial charge in [0.1, 0.15) is 6.04 Å². The maximum atomic E-state index is 12.6. The van der Waals surface area contributed by atoms with Crippen LogP contribution >= 0.6 is 0 Å². The van der Waals surface area contributed by atoms with E-state index in [0.717, 1.165) is 0 Å². The van der Waals surface area contributed by atoms with Gasteiger partial charge in [0.25, 0.3) is 0 Å². The lowest BCUT2D eigenvalue weighted by Gasteiger charge is -2.24. The number of anilines is 3. The van der Waals surface area contributed by atoms with Crippen LogP contribution in [0.1, 0.15) is 12.8 Å². The van der Waals surface area contributed by atoms with Crippen molar-refractivity contribution in [2.45, 2.75) is 25.1 Å². The monoisotopic (exact) mass is 391 g/mol. The molecule has 6 nitrogen and oxygen atoms in total. The van der Waals surface area contributed by atoms with Crippen LogP contribution in [0.5, 0.6) is 0 Å². The summed E-state index contributed by atoms with van der Waals surface area (Å²) in [7, 11) is 0. The molecule has 2 aromatic rings. The quantitative estimate of drug-likeness (QED) is 0.839. The zero-order valence-corrected chi connectivity index (χ0v) is 14.5. The Labute approximate surface area is 158 Å². The van der Waals surface area contributed by atoms with E-state index in [0.29, 0.717) is 17.8 Å². The minimum Gasteiger partial charge on any atom is -0.324 e. The van der Waals surface area contributed by atoms with Crippen LogP contribution in [-0.2, 0) is 14.4 Å². The third-order valence-electron chi connectivity index (χ3n) is 4.22. The van der Waals surface area contributed by atoms with E-state index in [1.165, 1.54) is 29.2 Å².